The summed E-state index contributed by atoms with van der Waals surface area (Å²) in [5, 5.41) is 23.4. The number of hydrogen-bond donors (Lipinski definition) is 1. The molecule has 0 saturated heterocycles. The van der Waals surface area contributed by atoms with Crippen molar-refractivity contribution >= 4 is 40.3 Å². The van der Waals surface area contributed by atoms with E-state index in [9.17, 15) is 25.0 Å². The van der Waals surface area contributed by atoms with E-state index < -0.39 is 27.2 Å². The number of imidazole rings is 1. The first-order valence-electron chi connectivity index (χ1n) is 8.38. The van der Waals surface area contributed by atoms with Gasteiger partial charge in [0.2, 0.25) is 0 Å². The lowest BCUT2D eigenvalue weighted by molar-refractivity contribution is -0.399. The molecule has 1 aromatic carbocycles. The predicted octanol–water partition coefficient (Wildman–Crippen LogP) is 3.28. The average molecular weight is 418 g/mol. The van der Waals surface area contributed by atoms with Crippen molar-refractivity contribution in [2.24, 2.45) is 0 Å². The summed E-state index contributed by atoms with van der Waals surface area (Å²) in [6.07, 6.45) is 3.95. The Kier molecular flexibility index (Phi) is 5.97. The van der Waals surface area contributed by atoms with E-state index in [4.69, 9.17) is 4.74 Å². The van der Waals surface area contributed by atoms with Crippen LogP contribution >= 0.6 is 11.8 Å². The van der Waals surface area contributed by atoms with Gasteiger partial charge in [-0.25, -0.2) is 19.7 Å². The lowest BCUT2D eigenvalue weighted by Gasteiger charge is -2.08. The van der Waals surface area contributed by atoms with Crippen LogP contribution in [-0.4, -0.2) is 42.4 Å². The summed E-state index contributed by atoms with van der Waals surface area (Å²) in [6.45, 7) is 2.02. The summed E-state index contributed by atoms with van der Waals surface area (Å²) < 4.78 is 5.02. The van der Waals surface area contributed by atoms with E-state index in [2.05, 4.69) is 19.9 Å². The Balaban J connectivity index is 2.08. The van der Waals surface area contributed by atoms with E-state index in [1.165, 1.54) is 12.7 Å². The van der Waals surface area contributed by atoms with Gasteiger partial charge in [-0.3, -0.25) is 20.2 Å². The second-order valence-electron chi connectivity index (χ2n) is 5.73. The number of esters is 1. The first-order chi connectivity index (χ1) is 13.9. The maximum Gasteiger partial charge on any atom is 0.338 e. The molecule has 0 spiro atoms. The monoisotopic (exact) mass is 418 g/mol. The Hall–Kier alpha value is -3.61. The summed E-state index contributed by atoms with van der Waals surface area (Å²) in [7, 11) is 0. The Morgan fingerprint density at radius 3 is 2.48 bits per heavy atom. The van der Waals surface area contributed by atoms with E-state index in [0.29, 0.717) is 29.3 Å². The van der Waals surface area contributed by atoms with Gasteiger partial charge in [0.1, 0.15) is 16.9 Å². The Bertz CT molecular complexity index is 1070. The van der Waals surface area contributed by atoms with Gasteiger partial charge in [0.15, 0.2) is 10.5 Å². The van der Waals surface area contributed by atoms with Crippen molar-refractivity contribution in [3.05, 3.63) is 50.6 Å². The normalized spacial score (nSPS) is 10.8. The van der Waals surface area contributed by atoms with Crippen LogP contribution in [0.15, 0.2) is 34.7 Å². The van der Waals surface area contributed by atoms with Crippen LogP contribution in [-0.2, 0) is 4.74 Å². The van der Waals surface area contributed by atoms with Gasteiger partial charge in [-0.2, -0.15) is 0 Å². The Morgan fingerprint density at radius 1 is 1.17 bits per heavy atom. The zero-order valence-electron chi connectivity index (χ0n) is 15.0. The van der Waals surface area contributed by atoms with E-state index in [1.807, 2.05) is 6.92 Å². The lowest BCUT2D eigenvalue weighted by atomic mass is 10.1. The first kappa shape index (κ1) is 20.1. The molecule has 13 heteroatoms. The second kappa shape index (κ2) is 8.60. The molecular formula is C16H14N6O6S. The molecule has 150 valence electrons. The highest BCUT2D eigenvalue weighted by Crippen LogP contribution is 2.42. The van der Waals surface area contributed by atoms with E-state index in [0.717, 1.165) is 18.6 Å². The SMILES string of the molecule is CCCCOC(=O)c1cc([N+](=O)[O-])c(Sc2ncnc3nc[nH]c23)c([N+](=O)[O-])c1. The molecule has 0 atom stereocenters. The summed E-state index contributed by atoms with van der Waals surface area (Å²) in [4.78, 5) is 48.2. The van der Waals surface area contributed by atoms with Crippen LogP contribution in [0, 0.1) is 20.2 Å². The number of ether oxygens (including phenoxy) is 1. The minimum absolute atomic E-state index is 0.117. The van der Waals surface area contributed by atoms with Crippen molar-refractivity contribution < 1.29 is 19.4 Å². The second-order valence-corrected chi connectivity index (χ2v) is 6.73. The van der Waals surface area contributed by atoms with Gasteiger partial charge in [-0.15, -0.1) is 0 Å². The molecule has 0 aliphatic heterocycles. The van der Waals surface area contributed by atoms with Crippen LogP contribution in [0.4, 0.5) is 11.4 Å². The number of nitrogens with one attached hydrogen (secondary N) is 1. The molecule has 0 aliphatic rings. The third-order valence-electron chi connectivity index (χ3n) is 3.80. The number of carbonyl (C=O) groups is 1. The molecule has 0 saturated carbocycles. The summed E-state index contributed by atoms with van der Waals surface area (Å²) >= 11 is 0.716. The highest BCUT2D eigenvalue weighted by Gasteiger charge is 2.31. The number of nitro groups is 2. The molecule has 2 heterocycles. The standard InChI is InChI=1S/C16H14N6O6S/c1-2-3-4-28-16(23)9-5-10(21(24)25)13(11(6-9)22(26)27)29-15-12-14(18-7-17-12)19-8-20-15/h5-8H,2-4H2,1H3,(H,17,18,19,20). The van der Waals surface area contributed by atoms with Gasteiger partial charge in [0.05, 0.1) is 28.3 Å². The molecule has 0 radical (unpaired) electrons. The fourth-order valence-electron chi connectivity index (χ4n) is 2.40. The molecule has 3 rings (SSSR count). The number of aromatic nitrogens is 4. The quantitative estimate of drug-likeness (QED) is 0.188. The van der Waals surface area contributed by atoms with E-state index >= 15 is 0 Å². The van der Waals surface area contributed by atoms with Crippen LogP contribution in [0.3, 0.4) is 0 Å². The molecule has 29 heavy (non-hydrogen) atoms. The number of nitrogens with zero attached hydrogens (tertiary/aromatic N) is 5. The molecule has 2 aromatic heterocycles. The molecule has 0 fully saturated rings. The average Bonchev–Trinajstić information content (AvgIpc) is 3.17. The largest absolute Gasteiger partial charge is 0.462 e. The van der Waals surface area contributed by atoms with Crippen molar-refractivity contribution in [3.8, 4) is 0 Å². The van der Waals surface area contributed by atoms with Gasteiger partial charge < -0.3 is 9.72 Å². The van der Waals surface area contributed by atoms with Crippen molar-refractivity contribution in [1.29, 1.82) is 0 Å². The third-order valence-corrected chi connectivity index (χ3v) is 4.92. The minimum Gasteiger partial charge on any atom is -0.462 e. The van der Waals surface area contributed by atoms with E-state index in [1.54, 1.807) is 0 Å². The van der Waals surface area contributed by atoms with E-state index in [-0.39, 0.29) is 22.1 Å². The van der Waals surface area contributed by atoms with Gasteiger partial charge in [-0.05, 0) is 6.42 Å². The lowest BCUT2D eigenvalue weighted by Crippen LogP contribution is -2.08. The molecular weight excluding hydrogens is 404 g/mol. The highest BCUT2D eigenvalue weighted by molar-refractivity contribution is 7.99. The smallest absolute Gasteiger partial charge is 0.338 e. The number of carbonyl (C=O) groups excluding carboxylic acids is 1. The number of unbranched alkanes of at least 4 members (excludes halogenated alkanes) is 1. The Morgan fingerprint density at radius 2 is 1.86 bits per heavy atom. The fraction of sp³-hybridized carbons (Fsp3) is 0.250. The Labute approximate surface area is 167 Å². The fourth-order valence-corrected chi connectivity index (χ4v) is 3.42. The minimum atomic E-state index is -0.862. The molecule has 0 unspecified atom stereocenters. The van der Waals surface area contributed by atoms with Crippen LogP contribution in [0.5, 0.6) is 0 Å². The number of nitro benzene ring substituents is 2. The molecule has 0 aliphatic carbocycles. The van der Waals surface area contributed by atoms with Crippen LogP contribution in [0.25, 0.3) is 11.2 Å². The van der Waals surface area contributed by atoms with Crippen LogP contribution in [0.2, 0.25) is 0 Å². The third kappa shape index (κ3) is 4.29. The van der Waals surface area contributed by atoms with Gasteiger partial charge in [0.25, 0.3) is 11.4 Å². The number of rotatable bonds is 8. The van der Waals surface area contributed by atoms with Gasteiger partial charge in [0, 0.05) is 12.1 Å². The van der Waals surface area contributed by atoms with Crippen molar-refractivity contribution in [2.45, 2.75) is 29.7 Å². The number of hydrogen-bond acceptors (Lipinski definition) is 10. The molecule has 1 N–H and O–H groups in total. The van der Waals surface area contributed by atoms with Gasteiger partial charge in [-0.1, -0.05) is 25.1 Å². The number of benzene rings is 1. The molecule has 0 bridgehead atoms. The zero-order valence-corrected chi connectivity index (χ0v) is 15.8. The van der Waals surface area contributed by atoms with Crippen LogP contribution < -0.4 is 0 Å². The summed E-state index contributed by atoms with van der Waals surface area (Å²) in [5.74, 6) is -0.862. The molecule has 3 aromatic rings. The predicted molar refractivity (Wildman–Crippen MR) is 101 cm³/mol. The highest BCUT2D eigenvalue weighted by atomic mass is 32.2. The first-order valence-corrected chi connectivity index (χ1v) is 9.20. The number of fused-ring (bicyclic) bond motifs is 1. The van der Waals surface area contributed by atoms with Crippen molar-refractivity contribution in [1.82, 2.24) is 19.9 Å². The topological polar surface area (TPSA) is 167 Å². The van der Waals surface area contributed by atoms with Gasteiger partial charge >= 0.3 is 5.97 Å². The maximum absolute atomic E-state index is 12.2. The zero-order chi connectivity index (χ0) is 21.0. The van der Waals surface area contributed by atoms with Crippen molar-refractivity contribution in [2.75, 3.05) is 6.61 Å². The summed E-state index contributed by atoms with van der Waals surface area (Å²) in [5.41, 5.74) is -0.776. The molecule has 12 nitrogen and oxygen atoms in total. The maximum atomic E-state index is 12.2. The molecule has 0 amide bonds. The van der Waals surface area contributed by atoms with Crippen LogP contribution in [0.1, 0.15) is 30.1 Å². The number of H-pyrrole nitrogens is 1. The van der Waals surface area contributed by atoms with Crippen molar-refractivity contribution in [3.63, 3.8) is 0 Å². The summed E-state index contributed by atoms with van der Waals surface area (Å²) in [6, 6.07) is 1.93. The number of aromatic amines is 1.